The fourth-order valence-electron chi connectivity index (χ4n) is 4.37. The highest BCUT2D eigenvalue weighted by Gasteiger charge is 2.29. The Morgan fingerprint density at radius 3 is 2.03 bits per heavy atom. The van der Waals surface area contributed by atoms with Crippen LogP contribution in [0.4, 0.5) is 0 Å². The van der Waals surface area contributed by atoms with Crippen LogP contribution in [0, 0.1) is 5.92 Å². The van der Waals surface area contributed by atoms with Crippen LogP contribution >= 0.6 is 0 Å². The second kappa shape index (κ2) is 13.4. The summed E-state index contributed by atoms with van der Waals surface area (Å²) in [6, 6.07) is 7.66. The lowest BCUT2D eigenvalue weighted by Crippen LogP contribution is -2.39. The van der Waals surface area contributed by atoms with Crippen molar-refractivity contribution in [1.29, 1.82) is 0 Å². The van der Waals surface area contributed by atoms with E-state index in [1.807, 2.05) is 24.3 Å². The summed E-state index contributed by atoms with van der Waals surface area (Å²) >= 11 is 0. The molecule has 0 spiro atoms. The molecular weight excluding hydrogens is 378 g/mol. The molecule has 2 rings (SSSR count). The second-order valence-corrected chi connectivity index (χ2v) is 10.8. The van der Waals surface area contributed by atoms with Crippen LogP contribution in [-0.4, -0.2) is 25.8 Å². The molecule has 166 valence electrons. The summed E-state index contributed by atoms with van der Waals surface area (Å²) in [4.78, 5) is 0.459. The minimum atomic E-state index is -3.33. The first-order valence-corrected chi connectivity index (χ1v) is 13.6. The molecule has 0 saturated carbocycles. The second-order valence-electron chi connectivity index (χ2n) is 8.86. The highest BCUT2D eigenvalue weighted by atomic mass is 32.2. The van der Waals surface area contributed by atoms with Gasteiger partial charge in [0.05, 0.1) is 4.90 Å². The Hall–Kier alpha value is -0.870. The summed E-state index contributed by atoms with van der Waals surface area (Å²) in [6.45, 7) is 5.77. The van der Waals surface area contributed by atoms with Crippen molar-refractivity contribution in [3.63, 3.8) is 0 Å². The maximum absolute atomic E-state index is 12.9. The molecule has 1 unspecified atom stereocenters. The number of unbranched alkanes of at least 4 members (excludes halogenated alkanes) is 9. The number of hydrogen-bond donors (Lipinski definition) is 0. The molecule has 0 aliphatic carbocycles. The van der Waals surface area contributed by atoms with Crippen molar-refractivity contribution >= 4 is 10.0 Å². The van der Waals surface area contributed by atoms with Gasteiger partial charge in [-0.15, -0.1) is 0 Å². The molecule has 1 aliphatic rings. The van der Waals surface area contributed by atoms with Crippen molar-refractivity contribution < 1.29 is 8.42 Å². The third kappa shape index (κ3) is 8.41. The molecule has 4 heteroatoms. The van der Waals surface area contributed by atoms with Crippen molar-refractivity contribution in [1.82, 2.24) is 4.31 Å². The molecule has 3 nitrogen and oxygen atoms in total. The Balaban J connectivity index is 1.68. The summed E-state index contributed by atoms with van der Waals surface area (Å²) in [6.07, 6.45) is 17.7. The number of benzene rings is 1. The summed E-state index contributed by atoms with van der Waals surface area (Å²) in [5, 5.41) is 0. The molecule has 29 heavy (non-hydrogen) atoms. The molecule has 1 atom stereocenters. The van der Waals surface area contributed by atoms with E-state index in [9.17, 15) is 8.42 Å². The van der Waals surface area contributed by atoms with Gasteiger partial charge in [0.1, 0.15) is 0 Å². The quantitative estimate of drug-likeness (QED) is 0.304. The van der Waals surface area contributed by atoms with Gasteiger partial charge >= 0.3 is 0 Å². The molecule has 1 aromatic carbocycles. The van der Waals surface area contributed by atoms with Gasteiger partial charge in [-0.05, 0) is 49.3 Å². The Morgan fingerprint density at radius 2 is 1.45 bits per heavy atom. The average Bonchev–Trinajstić information content (AvgIpc) is 2.75. The third-order valence-electron chi connectivity index (χ3n) is 6.44. The Morgan fingerprint density at radius 1 is 0.862 bits per heavy atom. The normalized spacial score (nSPS) is 18.2. The van der Waals surface area contributed by atoms with E-state index in [1.165, 1.54) is 69.8 Å². The van der Waals surface area contributed by atoms with Crippen molar-refractivity contribution in [3.8, 4) is 0 Å². The smallest absolute Gasteiger partial charge is 0.207 e. The van der Waals surface area contributed by atoms with Gasteiger partial charge in [0.25, 0.3) is 0 Å². The molecule has 0 amide bonds. The number of nitrogens with zero attached hydrogens (tertiary/aromatic N) is 1. The Bertz CT molecular complexity index is 654. The lowest BCUT2D eigenvalue weighted by molar-refractivity contribution is 0.261. The SMILES string of the molecule is CCCCCCCCCCCCc1ccc(S(=O)(=O)N2CCCC(CC)C2)cc1. The number of rotatable bonds is 14. The van der Waals surface area contributed by atoms with E-state index in [2.05, 4.69) is 13.8 Å². The van der Waals surface area contributed by atoms with E-state index in [4.69, 9.17) is 0 Å². The molecule has 0 radical (unpaired) electrons. The van der Waals surface area contributed by atoms with Gasteiger partial charge in [0.2, 0.25) is 10.0 Å². The predicted molar refractivity (Wildman–Crippen MR) is 124 cm³/mol. The zero-order chi connectivity index (χ0) is 21.0. The lowest BCUT2D eigenvalue weighted by atomic mass is 9.97. The van der Waals surface area contributed by atoms with Gasteiger partial charge in [-0.25, -0.2) is 8.42 Å². The average molecular weight is 422 g/mol. The van der Waals surface area contributed by atoms with Gasteiger partial charge in [-0.2, -0.15) is 4.31 Å². The summed E-state index contributed by atoms with van der Waals surface area (Å²) in [5.41, 5.74) is 1.26. The van der Waals surface area contributed by atoms with Crippen LogP contribution in [0.1, 0.15) is 103 Å². The van der Waals surface area contributed by atoms with Crippen LogP contribution in [0.25, 0.3) is 0 Å². The Kier molecular flexibility index (Phi) is 11.3. The molecule has 1 heterocycles. The first-order valence-electron chi connectivity index (χ1n) is 12.2. The van der Waals surface area contributed by atoms with Gasteiger partial charge < -0.3 is 0 Å². The highest BCUT2D eigenvalue weighted by molar-refractivity contribution is 7.89. The van der Waals surface area contributed by atoms with Crippen LogP contribution in [0.2, 0.25) is 0 Å². The lowest BCUT2D eigenvalue weighted by Gasteiger charge is -2.31. The predicted octanol–water partition coefficient (Wildman–Crippen LogP) is 6.96. The number of aryl methyl sites for hydroxylation is 1. The maximum atomic E-state index is 12.9. The zero-order valence-electron chi connectivity index (χ0n) is 18.9. The van der Waals surface area contributed by atoms with E-state index in [0.29, 0.717) is 23.9 Å². The van der Waals surface area contributed by atoms with Crippen molar-refractivity contribution in [2.24, 2.45) is 5.92 Å². The van der Waals surface area contributed by atoms with E-state index in [0.717, 1.165) is 25.7 Å². The standard InChI is InChI=1S/C25H43NO2S/c1-3-5-6-7-8-9-10-11-12-13-15-24-17-19-25(20-18-24)29(27,28)26-21-14-16-23(4-2)22-26/h17-20,23H,3-16,21-22H2,1-2H3. The summed E-state index contributed by atoms with van der Waals surface area (Å²) in [5.74, 6) is 0.508. The first kappa shape index (κ1) is 24.4. The summed E-state index contributed by atoms with van der Waals surface area (Å²) < 4.78 is 27.6. The van der Waals surface area contributed by atoms with E-state index in [1.54, 1.807) is 4.31 Å². The van der Waals surface area contributed by atoms with Crippen LogP contribution in [0.15, 0.2) is 29.2 Å². The number of piperidine rings is 1. The number of hydrogen-bond acceptors (Lipinski definition) is 2. The molecule has 1 aliphatic heterocycles. The monoisotopic (exact) mass is 421 g/mol. The molecule has 1 saturated heterocycles. The highest BCUT2D eigenvalue weighted by Crippen LogP contribution is 2.25. The van der Waals surface area contributed by atoms with Crippen LogP contribution in [-0.2, 0) is 16.4 Å². The number of sulfonamides is 1. The minimum absolute atomic E-state index is 0.459. The van der Waals surface area contributed by atoms with Gasteiger partial charge in [0.15, 0.2) is 0 Å². The third-order valence-corrected chi connectivity index (χ3v) is 8.32. The molecule has 1 fully saturated rings. The van der Waals surface area contributed by atoms with Crippen LogP contribution in [0.3, 0.4) is 0 Å². The molecular formula is C25H43NO2S. The molecule has 0 aromatic heterocycles. The van der Waals surface area contributed by atoms with E-state index >= 15 is 0 Å². The van der Waals surface area contributed by atoms with Crippen molar-refractivity contribution in [3.05, 3.63) is 29.8 Å². The minimum Gasteiger partial charge on any atom is -0.207 e. The van der Waals surface area contributed by atoms with Gasteiger partial charge in [-0.1, -0.05) is 90.2 Å². The Labute approximate surface area is 180 Å². The van der Waals surface area contributed by atoms with Crippen molar-refractivity contribution in [2.45, 2.75) is 109 Å². The summed E-state index contributed by atoms with van der Waals surface area (Å²) in [7, 11) is -3.33. The van der Waals surface area contributed by atoms with Gasteiger partial charge in [-0.3, -0.25) is 0 Å². The fourth-order valence-corrected chi connectivity index (χ4v) is 5.93. The van der Waals surface area contributed by atoms with E-state index < -0.39 is 10.0 Å². The van der Waals surface area contributed by atoms with Crippen molar-refractivity contribution in [2.75, 3.05) is 13.1 Å². The zero-order valence-corrected chi connectivity index (χ0v) is 19.7. The molecule has 0 bridgehead atoms. The largest absolute Gasteiger partial charge is 0.243 e. The molecule has 0 N–H and O–H groups in total. The first-order chi connectivity index (χ1) is 14.1. The van der Waals surface area contributed by atoms with Gasteiger partial charge in [0, 0.05) is 13.1 Å². The van der Waals surface area contributed by atoms with Crippen LogP contribution in [0.5, 0.6) is 0 Å². The fraction of sp³-hybridized carbons (Fsp3) is 0.760. The van der Waals surface area contributed by atoms with E-state index in [-0.39, 0.29) is 0 Å². The maximum Gasteiger partial charge on any atom is 0.243 e. The topological polar surface area (TPSA) is 37.4 Å². The molecule has 1 aromatic rings. The van der Waals surface area contributed by atoms with Crippen LogP contribution < -0.4 is 0 Å².